The largest absolute Gasteiger partial charge is 0.394 e. The molecule has 0 aromatic rings. The third-order valence-electron chi connectivity index (χ3n) is 4.64. The first kappa shape index (κ1) is 21.3. The lowest BCUT2D eigenvalue weighted by molar-refractivity contribution is -0.226. The van der Waals surface area contributed by atoms with E-state index < -0.39 is 24.4 Å². The minimum atomic E-state index is -0.858. The molecule has 0 aromatic heterocycles. The molecule has 1 rings (SSSR count). The second kappa shape index (κ2) is 8.57. The summed E-state index contributed by atoms with van der Waals surface area (Å²) in [5.74, 6) is 0. The molecule has 1 heterocycles. The van der Waals surface area contributed by atoms with E-state index in [1.807, 2.05) is 13.8 Å². The number of rotatable bonds is 7. The molecule has 1 aliphatic heterocycles. The second-order valence-corrected chi connectivity index (χ2v) is 10.6. The zero-order chi connectivity index (χ0) is 17.1. The van der Waals surface area contributed by atoms with E-state index in [-0.39, 0.29) is 19.7 Å². The third kappa shape index (κ3) is 4.66. The summed E-state index contributed by atoms with van der Waals surface area (Å²) in [4.78, 5) is 0. The molecule has 0 spiro atoms. The van der Waals surface area contributed by atoms with Gasteiger partial charge >= 0.3 is 0 Å². The Kier molecular flexibility index (Phi) is 8.30. The fraction of sp³-hybridized carbons (Fsp3) is 1.00. The van der Waals surface area contributed by atoms with Crippen LogP contribution in [0.25, 0.3) is 0 Å². The normalized spacial score (nSPS) is 36.1. The van der Waals surface area contributed by atoms with E-state index in [4.69, 9.17) is 15.2 Å². The highest BCUT2D eigenvalue weighted by molar-refractivity contribution is 14.1. The summed E-state index contributed by atoms with van der Waals surface area (Å²) in [5.41, 5.74) is 6.25. The minimum absolute atomic E-state index is 0.193. The van der Waals surface area contributed by atoms with Crippen molar-refractivity contribution >= 4 is 45.2 Å². The van der Waals surface area contributed by atoms with Crippen molar-refractivity contribution in [2.24, 2.45) is 5.73 Å². The molecule has 0 aliphatic carbocycles. The smallest absolute Gasteiger partial charge is 0.119 e. The number of aliphatic hydroxyl groups is 2. The van der Waals surface area contributed by atoms with Crippen LogP contribution in [0.1, 0.15) is 47.0 Å². The van der Waals surface area contributed by atoms with Gasteiger partial charge in [-0.05, 0) is 48.8 Å². The molecule has 0 saturated carbocycles. The van der Waals surface area contributed by atoms with Gasteiger partial charge in [0.1, 0.15) is 21.9 Å². The van der Waals surface area contributed by atoms with Crippen molar-refractivity contribution < 1.29 is 19.7 Å². The zero-order valence-electron chi connectivity index (χ0n) is 13.8. The fourth-order valence-corrected chi connectivity index (χ4v) is 3.53. The maximum absolute atomic E-state index is 10.7. The monoisotopic (exact) mass is 541 g/mol. The maximum Gasteiger partial charge on any atom is 0.119 e. The van der Waals surface area contributed by atoms with Crippen LogP contribution in [0, 0.1) is 0 Å². The van der Waals surface area contributed by atoms with Gasteiger partial charge in [-0.15, -0.1) is 0 Å². The van der Waals surface area contributed by atoms with Crippen LogP contribution >= 0.6 is 45.2 Å². The van der Waals surface area contributed by atoms with Gasteiger partial charge in [0, 0.05) is 3.42 Å². The number of alkyl halides is 2. The third-order valence-corrected chi connectivity index (χ3v) is 7.79. The molecule has 0 bridgehead atoms. The van der Waals surface area contributed by atoms with E-state index in [0.717, 1.165) is 19.3 Å². The first-order chi connectivity index (χ1) is 10.2. The molecule has 6 unspecified atom stereocenters. The molecule has 1 aliphatic rings. The molecular weight excluding hydrogens is 512 g/mol. The molecule has 0 radical (unpaired) electrons. The molecule has 6 atom stereocenters. The fourth-order valence-electron chi connectivity index (χ4n) is 2.67. The lowest BCUT2D eigenvalue weighted by Gasteiger charge is -2.49. The Morgan fingerprint density at radius 1 is 1.18 bits per heavy atom. The van der Waals surface area contributed by atoms with Gasteiger partial charge in [-0.1, -0.05) is 43.4 Å². The summed E-state index contributed by atoms with van der Waals surface area (Å²) >= 11 is 4.58. The van der Waals surface area contributed by atoms with Crippen LogP contribution in [-0.4, -0.2) is 54.3 Å². The summed E-state index contributed by atoms with van der Waals surface area (Å²) in [7, 11) is 0. The number of hydrogen-bond donors (Lipinski definition) is 3. The summed E-state index contributed by atoms with van der Waals surface area (Å²) in [6.45, 7) is 8.02. The van der Waals surface area contributed by atoms with E-state index in [2.05, 4.69) is 59.0 Å². The standard InChI is InChI=1S/C15H29I2NO4/c1-5-14(4,16)13-10(18)11(20)12(9(8-19)21-13)22-15(17,6-2)7-3/h9-13,19-20H,5-8,18H2,1-4H3. The lowest BCUT2D eigenvalue weighted by atomic mass is 9.86. The van der Waals surface area contributed by atoms with Gasteiger partial charge in [0.15, 0.2) is 0 Å². The van der Waals surface area contributed by atoms with E-state index in [0.29, 0.717) is 0 Å². The predicted molar refractivity (Wildman–Crippen MR) is 105 cm³/mol. The molecule has 7 heteroatoms. The van der Waals surface area contributed by atoms with Crippen molar-refractivity contribution in [1.82, 2.24) is 0 Å². The molecule has 1 saturated heterocycles. The van der Waals surface area contributed by atoms with Gasteiger partial charge in [0.25, 0.3) is 0 Å². The first-order valence-corrected chi connectivity index (χ1v) is 10.1. The lowest BCUT2D eigenvalue weighted by Crippen LogP contribution is -2.67. The van der Waals surface area contributed by atoms with Crippen LogP contribution in [0.3, 0.4) is 0 Å². The number of aliphatic hydroxyl groups excluding tert-OH is 2. The van der Waals surface area contributed by atoms with Crippen LogP contribution in [0.5, 0.6) is 0 Å². The number of nitrogens with two attached hydrogens (primary N) is 1. The molecule has 22 heavy (non-hydrogen) atoms. The Balaban J connectivity index is 2.99. The Labute approximate surface area is 161 Å². The van der Waals surface area contributed by atoms with Crippen molar-refractivity contribution in [1.29, 1.82) is 0 Å². The Bertz CT molecular complexity index is 350. The molecular formula is C15H29I2NO4. The quantitative estimate of drug-likeness (QED) is 0.341. The highest BCUT2D eigenvalue weighted by Crippen LogP contribution is 2.39. The molecule has 0 aromatic carbocycles. The highest BCUT2D eigenvalue weighted by atomic mass is 127. The van der Waals surface area contributed by atoms with Crippen LogP contribution in [0.4, 0.5) is 0 Å². The van der Waals surface area contributed by atoms with Crippen LogP contribution < -0.4 is 5.73 Å². The second-order valence-electron chi connectivity index (χ2n) is 6.15. The van der Waals surface area contributed by atoms with E-state index in [9.17, 15) is 10.2 Å². The van der Waals surface area contributed by atoms with Crippen molar-refractivity contribution in [3.8, 4) is 0 Å². The van der Waals surface area contributed by atoms with Gasteiger partial charge in [0.05, 0.1) is 18.8 Å². The summed E-state index contributed by atoms with van der Waals surface area (Å²) in [5, 5.41) is 20.4. The Morgan fingerprint density at radius 3 is 2.14 bits per heavy atom. The van der Waals surface area contributed by atoms with Crippen molar-refractivity contribution in [2.45, 2.75) is 84.4 Å². The average molecular weight is 541 g/mol. The molecule has 4 N–H and O–H groups in total. The summed E-state index contributed by atoms with van der Waals surface area (Å²) in [6, 6.07) is -0.538. The van der Waals surface area contributed by atoms with E-state index in [1.54, 1.807) is 0 Å². The van der Waals surface area contributed by atoms with Gasteiger partial charge in [-0.2, -0.15) is 0 Å². The van der Waals surface area contributed by atoms with Gasteiger partial charge in [-0.25, -0.2) is 0 Å². The zero-order valence-corrected chi connectivity index (χ0v) is 18.1. The predicted octanol–water partition coefficient (Wildman–Crippen LogP) is 2.37. The highest BCUT2D eigenvalue weighted by Gasteiger charge is 2.50. The van der Waals surface area contributed by atoms with E-state index in [1.165, 1.54) is 0 Å². The van der Waals surface area contributed by atoms with Crippen molar-refractivity contribution in [2.75, 3.05) is 6.61 Å². The molecule has 0 amide bonds. The molecule has 5 nitrogen and oxygen atoms in total. The van der Waals surface area contributed by atoms with Crippen molar-refractivity contribution in [3.05, 3.63) is 0 Å². The van der Waals surface area contributed by atoms with E-state index >= 15 is 0 Å². The summed E-state index contributed by atoms with van der Waals surface area (Å²) < 4.78 is 11.6. The SMILES string of the molecule is CCC(I)(CC)OC1C(CO)OC(C(C)(I)CC)C(N)C1O. The van der Waals surface area contributed by atoms with Crippen LogP contribution in [0.2, 0.25) is 0 Å². The Hall–Kier alpha value is 1.26. The molecule has 1 fully saturated rings. The summed E-state index contributed by atoms with van der Waals surface area (Å²) in [6.07, 6.45) is 0.125. The average Bonchev–Trinajstić information content (AvgIpc) is 2.51. The first-order valence-electron chi connectivity index (χ1n) is 7.91. The number of halogens is 2. The topological polar surface area (TPSA) is 84.9 Å². The maximum atomic E-state index is 10.7. The van der Waals surface area contributed by atoms with Gasteiger partial charge in [0.2, 0.25) is 0 Å². The minimum Gasteiger partial charge on any atom is -0.394 e. The van der Waals surface area contributed by atoms with Crippen LogP contribution in [-0.2, 0) is 9.47 Å². The van der Waals surface area contributed by atoms with Crippen molar-refractivity contribution in [3.63, 3.8) is 0 Å². The Morgan fingerprint density at radius 2 is 1.73 bits per heavy atom. The van der Waals surface area contributed by atoms with Gasteiger partial charge < -0.3 is 25.4 Å². The van der Waals surface area contributed by atoms with Gasteiger partial charge in [-0.3, -0.25) is 0 Å². The molecule has 132 valence electrons. The number of ether oxygens (including phenoxy) is 2. The van der Waals surface area contributed by atoms with Crippen LogP contribution in [0.15, 0.2) is 0 Å². The number of hydrogen-bond acceptors (Lipinski definition) is 5.